The van der Waals surface area contributed by atoms with Crippen LogP contribution in [0.15, 0.2) is 72.4 Å². The Hall–Kier alpha value is -3.28. The van der Waals surface area contributed by atoms with Crippen LogP contribution in [0.1, 0.15) is 18.1 Å². The van der Waals surface area contributed by atoms with Gasteiger partial charge in [-0.3, -0.25) is 9.59 Å². The highest BCUT2D eigenvalue weighted by molar-refractivity contribution is 6.46. The van der Waals surface area contributed by atoms with Crippen molar-refractivity contribution in [3.05, 3.63) is 93.6 Å². The molecule has 0 fully saturated rings. The Morgan fingerprint density at radius 2 is 1.53 bits per heavy atom. The number of ether oxygens (including phenoxy) is 1. The molecule has 0 aliphatic carbocycles. The second kappa shape index (κ2) is 9.07. The van der Waals surface area contributed by atoms with Crippen molar-refractivity contribution in [2.75, 3.05) is 16.8 Å². The van der Waals surface area contributed by atoms with E-state index >= 15 is 0 Å². The highest BCUT2D eigenvalue weighted by Crippen LogP contribution is 2.35. The second-order valence-corrected chi connectivity index (χ2v) is 8.09. The van der Waals surface area contributed by atoms with E-state index in [1.54, 1.807) is 60.7 Å². The van der Waals surface area contributed by atoms with Gasteiger partial charge in [-0.1, -0.05) is 41.4 Å². The summed E-state index contributed by atoms with van der Waals surface area (Å²) in [5.74, 6) is -0.221. The molecule has 162 valence electrons. The van der Waals surface area contributed by atoms with E-state index in [1.807, 2.05) is 19.9 Å². The number of aryl methyl sites for hydroxylation is 1. The maximum Gasteiger partial charge on any atom is 0.282 e. The largest absolute Gasteiger partial charge is 0.494 e. The lowest BCUT2D eigenvalue weighted by Gasteiger charge is -2.16. The molecule has 4 rings (SSSR count). The van der Waals surface area contributed by atoms with Gasteiger partial charge < -0.3 is 10.1 Å². The van der Waals surface area contributed by atoms with Crippen molar-refractivity contribution >= 4 is 52.0 Å². The van der Waals surface area contributed by atoms with Gasteiger partial charge in [-0.15, -0.1) is 0 Å². The average Bonchev–Trinajstić information content (AvgIpc) is 3.02. The first kappa shape index (κ1) is 21.9. The third-order valence-electron chi connectivity index (χ3n) is 5.08. The zero-order valence-electron chi connectivity index (χ0n) is 17.5. The summed E-state index contributed by atoms with van der Waals surface area (Å²) in [5.41, 5.74) is 3.01. The number of hydrogen-bond acceptors (Lipinski definition) is 4. The van der Waals surface area contributed by atoms with E-state index in [4.69, 9.17) is 27.9 Å². The molecule has 1 aliphatic rings. The van der Waals surface area contributed by atoms with Crippen molar-refractivity contribution in [2.24, 2.45) is 0 Å². The van der Waals surface area contributed by atoms with Gasteiger partial charge in [0.15, 0.2) is 0 Å². The smallest absolute Gasteiger partial charge is 0.282 e. The summed E-state index contributed by atoms with van der Waals surface area (Å²) in [7, 11) is 0. The van der Waals surface area contributed by atoms with Crippen molar-refractivity contribution in [3.63, 3.8) is 0 Å². The minimum absolute atomic E-state index is 0.177. The molecule has 0 saturated heterocycles. The fourth-order valence-electron chi connectivity index (χ4n) is 3.49. The Labute approximate surface area is 196 Å². The van der Waals surface area contributed by atoms with Gasteiger partial charge in [0.1, 0.15) is 11.4 Å². The standard InChI is InChI=1S/C25H20Cl2N2O3/c1-3-32-20-12-10-19(11-13-20)29-24(30)22(16-5-8-17(26)9-6-16)23(25(29)31)28-21-14-18(27)7-4-15(21)2/h4-14,28H,3H2,1-2H3. The summed E-state index contributed by atoms with van der Waals surface area (Å²) >= 11 is 12.2. The number of rotatable bonds is 6. The summed E-state index contributed by atoms with van der Waals surface area (Å²) in [6, 6.07) is 19.0. The van der Waals surface area contributed by atoms with Gasteiger partial charge in [0.05, 0.1) is 17.9 Å². The number of halogens is 2. The lowest BCUT2D eigenvalue weighted by atomic mass is 10.0. The maximum absolute atomic E-state index is 13.5. The summed E-state index contributed by atoms with van der Waals surface area (Å²) in [5, 5.41) is 4.21. The Balaban J connectivity index is 1.79. The number of carbonyl (C=O) groups is 2. The minimum Gasteiger partial charge on any atom is -0.494 e. The van der Waals surface area contributed by atoms with Crippen LogP contribution in [-0.2, 0) is 9.59 Å². The van der Waals surface area contributed by atoms with Crippen LogP contribution in [0.25, 0.3) is 5.57 Å². The SMILES string of the molecule is CCOc1ccc(N2C(=O)C(Nc3cc(Cl)ccc3C)=C(c3ccc(Cl)cc3)C2=O)cc1. The highest BCUT2D eigenvalue weighted by Gasteiger charge is 2.40. The molecule has 3 aromatic rings. The molecule has 2 amide bonds. The van der Waals surface area contributed by atoms with Gasteiger partial charge >= 0.3 is 0 Å². The van der Waals surface area contributed by atoms with E-state index in [9.17, 15) is 9.59 Å². The number of nitrogens with one attached hydrogen (secondary N) is 1. The predicted octanol–water partition coefficient (Wildman–Crippen LogP) is 6.10. The van der Waals surface area contributed by atoms with Crippen LogP contribution in [0.3, 0.4) is 0 Å². The molecule has 3 aromatic carbocycles. The van der Waals surface area contributed by atoms with E-state index in [-0.39, 0.29) is 11.3 Å². The first-order chi connectivity index (χ1) is 15.4. The van der Waals surface area contributed by atoms with E-state index in [2.05, 4.69) is 5.32 Å². The van der Waals surface area contributed by atoms with Crippen LogP contribution >= 0.6 is 23.2 Å². The van der Waals surface area contributed by atoms with E-state index in [1.165, 1.54) is 0 Å². The molecule has 0 unspecified atom stereocenters. The zero-order valence-corrected chi connectivity index (χ0v) is 19.0. The zero-order chi connectivity index (χ0) is 22.8. The first-order valence-electron chi connectivity index (χ1n) is 10.0. The molecule has 0 aromatic heterocycles. The second-order valence-electron chi connectivity index (χ2n) is 7.21. The summed E-state index contributed by atoms with van der Waals surface area (Å²) < 4.78 is 5.47. The normalized spacial score (nSPS) is 13.7. The molecule has 0 saturated carbocycles. The minimum atomic E-state index is -0.455. The summed E-state index contributed by atoms with van der Waals surface area (Å²) in [4.78, 5) is 28.1. The fourth-order valence-corrected chi connectivity index (χ4v) is 3.78. The number of nitrogens with zero attached hydrogens (tertiary/aromatic N) is 1. The van der Waals surface area contributed by atoms with Crippen LogP contribution in [0.2, 0.25) is 10.0 Å². The molecule has 1 N–H and O–H groups in total. The molecule has 0 bridgehead atoms. The van der Waals surface area contributed by atoms with Gasteiger partial charge in [-0.25, -0.2) is 4.90 Å². The van der Waals surface area contributed by atoms with Gasteiger partial charge in [-0.2, -0.15) is 0 Å². The molecule has 0 spiro atoms. The molecule has 5 nitrogen and oxygen atoms in total. The number of imide groups is 1. The maximum atomic E-state index is 13.5. The Kier molecular flexibility index (Phi) is 6.21. The number of amides is 2. The van der Waals surface area contributed by atoms with E-state index in [0.717, 1.165) is 10.5 Å². The fraction of sp³-hybridized carbons (Fsp3) is 0.120. The summed E-state index contributed by atoms with van der Waals surface area (Å²) in [6.07, 6.45) is 0. The first-order valence-corrected chi connectivity index (χ1v) is 10.8. The summed E-state index contributed by atoms with van der Waals surface area (Å²) in [6.45, 7) is 4.31. The van der Waals surface area contributed by atoms with Crippen molar-refractivity contribution in [2.45, 2.75) is 13.8 Å². The number of anilines is 2. The van der Waals surface area contributed by atoms with E-state index in [0.29, 0.717) is 39.3 Å². The van der Waals surface area contributed by atoms with Crippen LogP contribution < -0.4 is 15.0 Å². The number of carbonyl (C=O) groups excluding carboxylic acids is 2. The molecule has 0 radical (unpaired) electrons. The third kappa shape index (κ3) is 4.22. The molecular weight excluding hydrogens is 447 g/mol. The molecular formula is C25H20Cl2N2O3. The molecule has 32 heavy (non-hydrogen) atoms. The molecule has 1 heterocycles. The molecule has 0 atom stereocenters. The Morgan fingerprint density at radius 1 is 0.875 bits per heavy atom. The third-order valence-corrected chi connectivity index (χ3v) is 5.57. The Morgan fingerprint density at radius 3 is 2.19 bits per heavy atom. The van der Waals surface area contributed by atoms with Crippen LogP contribution in [-0.4, -0.2) is 18.4 Å². The van der Waals surface area contributed by atoms with Crippen molar-refractivity contribution < 1.29 is 14.3 Å². The topological polar surface area (TPSA) is 58.6 Å². The van der Waals surface area contributed by atoms with Gasteiger partial charge in [0.25, 0.3) is 11.8 Å². The van der Waals surface area contributed by atoms with Crippen LogP contribution in [0.5, 0.6) is 5.75 Å². The van der Waals surface area contributed by atoms with Crippen LogP contribution in [0.4, 0.5) is 11.4 Å². The van der Waals surface area contributed by atoms with Gasteiger partial charge in [0, 0.05) is 15.7 Å². The van der Waals surface area contributed by atoms with Crippen molar-refractivity contribution in [1.29, 1.82) is 0 Å². The van der Waals surface area contributed by atoms with Crippen molar-refractivity contribution in [1.82, 2.24) is 0 Å². The number of benzene rings is 3. The highest BCUT2D eigenvalue weighted by atomic mass is 35.5. The average molecular weight is 467 g/mol. The Bertz CT molecular complexity index is 1220. The predicted molar refractivity (Wildman–Crippen MR) is 128 cm³/mol. The van der Waals surface area contributed by atoms with Gasteiger partial charge in [0.2, 0.25) is 0 Å². The number of hydrogen-bond donors (Lipinski definition) is 1. The van der Waals surface area contributed by atoms with Gasteiger partial charge in [-0.05, 0) is 73.5 Å². The van der Waals surface area contributed by atoms with Crippen molar-refractivity contribution in [3.8, 4) is 5.75 Å². The lowest BCUT2D eigenvalue weighted by Crippen LogP contribution is -2.32. The molecule has 7 heteroatoms. The monoisotopic (exact) mass is 466 g/mol. The van der Waals surface area contributed by atoms with E-state index < -0.39 is 11.8 Å². The lowest BCUT2D eigenvalue weighted by molar-refractivity contribution is -0.120. The van der Waals surface area contributed by atoms with Crippen LogP contribution in [0, 0.1) is 6.92 Å². The molecule has 1 aliphatic heterocycles. The quantitative estimate of drug-likeness (QED) is 0.446.